The van der Waals surface area contributed by atoms with Gasteiger partial charge in [-0.05, 0) is 6.92 Å². The Morgan fingerprint density at radius 3 is 2.82 bits per heavy atom. The first-order valence-corrected chi connectivity index (χ1v) is 5.03. The number of nitrogens with zero attached hydrogens (tertiary/aromatic N) is 2. The Hall–Kier alpha value is -2.21. The summed E-state index contributed by atoms with van der Waals surface area (Å²) in [7, 11) is 0. The zero-order valence-corrected chi connectivity index (χ0v) is 9.21. The summed E-state index contributed by atoms with van der Waals surface area (Å²) in [5.74, 6) is 0.545. The van der Waals surface area contributed by atoms with Crippen molar-refractivity contribution in [2.45, 2.75) is 13.5 Å². The SMILES string of the molecule is Cc1ccc(-c2cc(CN)on2)cc1[N+](=O)[O-]. The number of rotatable bonds is 3. The van der Waals surface area contributed by atoms with Gasteiger partial charge in [0.1, 0.15) is 5.69 Å². The second-order valence-electron chi connectivity index (χ2n) is 3.64. The maximum Gasteiger partial charge on any atom is 0.272 e. The molecular formula is C11H11N3O3. The lowest BCUT2D eigenvalue weighted by Crippen LogP contribution is -1.93. The van der Waals surface area contributed by atoms with Gasteiger partial charge in [0.15, 0.2) is 5.76 Å². The smallest absolute Gasteiger partial charge is 0.272 e. The van der Waals surface area contributed by atoms with E-state index in [0.29, 0.717) is 22.6 Å². The molecule has 2 aromatic rings. The molecule has 6 nitrogen and oxygen atoms in total. The van der Waals surface area contributed by atoms with Gasteiger partial charge in [0.2, 0.25) is 0 Å². The van der Waals surface area contributed by atoms with Crippen LogP contribution in [-0.2, 0) is 6.54 Å². The maximum absolute atomic E-state index is 10.8. The first kappa shape index (κ1) is 11.3. The molecule has 0 fully saturated rings. The van der Waals surface area contributed by atoms with Crippen molar-refractivity contribution < 1.29 is 9.45 Å². The molecule has 1 heterocycles. The van der Waals surface area contributed by atoms with Crippen molar-refractivity contribution in [1.82, 2.24) is 5.16 Å². The van der Waals surface area contributed by atoms with E-state index in [9.17, 15) is 10.1 Å². The minimum absolute atomic E-state index is 0.0693. The molecule has 2 rings (SSSR count). The molecule has 0 atom stereocenters. The first-order valence-electron chi connectivity index (χ1n) is 5.03. The molecular weight excluding hydrogens is 222 g/mol. The highest BCUT2D eigenvalue weighted by molar-refractivity contribution is 5.64. The van der Waals surface area contributed by atoms with Crippen LogP contribution >= 0.6 is 0 Å². The van der Waals surface area contributed by atoms with Gasteiger partial charge in [-0.3, -0.25) is 10.1 Å². The zero-order valence-electron chi connectivity index (χ0n) is 9.21. The maximum atomic E-state index is 10.8. The second kappa shape index (κ2) is 4.34. The van der Waals surface area contributed by atoms with Gasteiger partial charge in [-0.1, -0.05) is 17.3 Å². The summed E-state index contributed by atoms with van der Waals surface area (Å²) in [5, 5.41) is 14.6. The lowest BCUT2D eigenvalue weighted by Gasteiger charge is -1.99. The van der Waals surface area contributed by atoms with Gasteiger partial charge >= 0.3 is 0 Å². The quantitative estimate of drug-likeness (QED) is 0.646. The summed E-state index contributed by atoms with van der Waals surface area (Å²) in [4.78, 5) is 10.4. The van der Waals surface area contributed by atoms with E-state index in [1.165, 1.54) is 6.07 Å². The topological polar surface area (TPSA) is 95.2 Å². The van der Waals surface area contributed by atoms with Gasteiger partial charge in [0.05, 0.1) is 11.5 Å². The Morgan fingerprint density at radius 1 is 1.47 bits per heavy atom. The van der Waals surface area contributed by atoms with Gasteiger partial charge in [0, 0.05) is 23.3 Å². The van der Waals surface area contributed by atoms with E-state index in [1.807, 2.05) is 0 Å². The number of aromatic nitrogens is 1. The average molecular weight is 233 g/mol. The average Bonchev–Trinajstić information content (AvgIpc) is 2.78. The first-order chi connectivity index (χ1) is 8.11. The molecule has 1 aromatic heterocycles. The summed E-state index contributed by atoms with van der Waals surface area (Å²) >= 11 is 0. The van der Waals surface area contributed by atoms with Crippen LogP contribution in [0.25, 0.3) is 11.3 Å². The van der Waals surface area contributed by atoms with Crippen LogP contribution in [0.4, 0.5) is 5.69 Å². The standard InChI is InChI=1S/C11H11N3O3/c1-7-2-3-8(4-11(7)14(15)16)10-5-9(6-12)17-13-10/h2-5H,6,12H2,1H3. The van der Waals surface area contributed by atoms with E-state index in [1.54, 1.807) is 25.1 Å². The third kappa shape index (κ3) is 2.16. The van der Waals surface area contributed by atoms with Gasteiger partial charge in [-0.25, -0.2) is 0 Å². The molecule has 0 bridgehead atoms. The Balaban J connectivity index is 2.46. The molecule has 0 radical (unpaired) electrons. The Bertz CT molecular complexity index is 563. The molecule has 0 aliphatic carbocycles. The molecule has 0 amide bonds. The summed E-state index contributed by atoms with van der Waals surface area (Å²) in [5.41, 5.74) is 7.28. The molecule has 0 saturated heterocycles. The number of hydrogen-bond acceptors (Lipinski definition) is 5. The number of hydrogen-bond donors (Lipinski definition) is 1. The minimum atomic E-state index is -0.414. The van der Waals surface area contributed by atoms with Crippen molar-refractivity contribution in [2.24, 2.45) is 5.73 Å². The van der Waals surface area contributed by atoms with Crippen molar-refractivity contribution in [3.8, 4) is 11.3 Å². The van der Waals surface area contributed by atoms with E-state index < -0.39 is 4.92 Å². The molecule has 1 aromatic carbocycles. The van der Waals surface area contributed by atoms with E-state index >= 15 is 0 Å². The zero-order chi connectivity index (χ0) is 12.4. The van der Waals surface area contributed by atoms with Gasteiger partial charge in [0.25, 0.3) is 5.69 Å². The van der Waals surface area contributed by atoms with Crippen LogP contribution in [0.1, 0.15) is 11.3 Å². The Labute approximate surface area is 97.2 Å². The van der Waals surface area contributed by atoms with Crippen molar-refractivity contribution in [2.75, 3.05) is 0 Å². The van der Waals surface area contributed by atoms with Crippen molar-refractivity contribution >= 4 is 5.69 Å². The van der Waals surface area contributed by atoms with Gasteiger partial charge in [-0.15, -0.1) is 0 Å². The molecule has 6 heteroatoms. The van der Waals surface area contributed by atoms with Crippen LogP contribution in [0.15, 0.2) is 28.8 Å². The second-order valence-corrected chi connectivity index (χ2v) is 3.64. The molecule has 88 valence electrons. The van der Waals surface area contributed by atoms with Crippen LogP contribution in [0.3, 0.4) is 0 Å². The highest BCUT2D eigenvalue weighted by Gasteiger charge is 2.13. The molecule has 0 unspecified atom stereocenters. The number of nitrogens with two attached hydrogens (primary N) is 1. The van der Waals surface area contributed by atoms with Crippen LogP contribution in [0, 0.1) is 17.0 Å². The van der Waals surface area contributed by atoms with Gasteiger partial charge in [-0.2, -0.15) is 0 Å². The van der Waals surface area contributed by atoms with Crippen LogP contribution in [0.2, 0.25) is 0 Å². The normalized spacial score (nSPS) is 10.5. The summed E-state index contributed by atoms with van der Waals surface area (Å²) < 4.78 is 4.95. The summed E-state index contributed by atoms with van der Waals surface area (Å²) in [6, 6.07) is 6.60. The fourth-order valence-electron chi connectivity index (χ4n) is 1.51. The number of nitro benzene ring substituents is 1. The van der Waals surface area contributed by atoms with E-state index in [2.05, 4.69) is 5.16 Å². The number of aryl methyl sites for hydroxylation is 1. The van der Waals surface area contributed by atoms with Crippen LogP contribution < -0.4 is 5.73 Å². The highest BCUT2D eigenvalue weighted by atomic mass is 16.6. The lowest BCUT2D eigenvalue weighted by atomic mass is 10.1. The predicted molar refractivity (Wildman–Crippen MR) is 61.2 cm³/mol. The lowest BCUT2D eigenvalue weighted by molar-refractivity contribution is -0.385. The molecule has 0 saturated carbocycles. The third-order valence-corrected chi connectivity index (χ3v) is 2.46. The fraction of sp³-hybridized carbons (Fsp3) is 0.182. The molecule has 0 aliphatic heterocycles. The molecule has 0 aliphatic rings. The highest BCUT2D eigenvalue weighted by Crippen LogP contribution is 2.26. The van der Waals surface area contributed by atoms with Crippen molar-refractivity contribution in [3.05, 3.63) is 45.7 Å². The van der Waals surface area contributed by atoms with E-state index in [-0.39, 0.29) is 12.2 Å². The molecule has 17 heavy (non-hydrogen) atoms. The van der Waals surface area contributed by atoms with E-state index in [4.69, 9.17) is 10.3 Å². The summed E-state index contributed by atoms with van der Waals surface area (Å²) in [6.07, 6.45) is 0. The Morgan fingerprint density at radius 2 is 2.24 bits per heavy atom. The fourth-order valence-corrected chi connectivity index (χ4v) is 1.51. The largest absolute Gasteiger partial charge is 0.359 e. The van der Waals surface area contributed by atoms with Gasteiger partial charge < -0.3 is 10.3 Å². The Kier molecular flexibility index (Phi) is 2.88. The number of benzene rings is 1. The summed E-state index contributed by atoms with van der Waals surface area (Å²) in [6.45, 7) is 1.94. The number of nitro groups is 1. The van der Waals surface area contributed by atoms with Crippen LogP contribution in [-0.4, -0.2) is 10.1 Å². The van der Waals surface area contributed by atoms with Crippen molar-refractivity contribution in [1.29, 1.82) is 0 Å². The third-order valence-electron chi connectivity index (χ3n) is 2.46. The van der Waals surface area contributed by atoms with Crippen LogP contribution in [0.5, 0.6) is 0 Å². The van der Waals surface area contributed by atoms with Crippen molar-refractivity contribution in [3.63, 3.8) is 0 Å². The molecule has 2 N–H and O–H groups in total. The minimum Gasteiger partial charge on any atom is -0.359 e. The monoisotopic (exact) mass is 233 g/mol. The predicted octanol–water partition coefficient (Wildman–Crippen LogP) is 2.02. The van der Waals surface area contributed by atoms with E-state index in [0.717, 1.165) is 0 Å². The molecule has 0 spiro atoms.